The molecule has 7 heteroatoms. The maximum absolute atomic E-state index is 11.9. The van der Waals surface area contributed by atoms with Gasteiger partial charge in [0, 0.05) is 4.47 Å². The first-order valence-electron chi connectivity index (χ1n) is 5.09. The number of carboxylic acids is 1. The highest BCUT2D eigenvalue weighted by Crippen LogP contribution is 2.26. The number of nitrogens with one attached hydrogen (secondary N) is 1. The highest BCUT2D eigenvalue weighted by atomic mass is 79.9. The zero-order valence-electron chi connectivity index (χ0n) is 9.38. The lowest BCUT2D eigenvalue weighted by atomic mass is 10.2. The van der Waals surface area contributed by atoms with Crippen LogP contribution in [-0.4, -0.2) is 22.1 Å². The van der Waals surface area contributed by atoms with Gasteiger partial charge in [0.05, 0.1) is 11.3 Å². The zero-order valence-corrected chi connectivity index (χ0v) is 11.8. The fraction of sp³-hybridized carbons (Fsp3) is 0. The van der Waals surface area contributed by atoms with Crippen molar-refractivity contribution in [1.29, 1.82) is 0 Å². The summed E-state index contributed by atoms with van der Waals surface area (Å²) in [5, 5.41) is 22.6. The smallest absolute Gasteiger partial charge is 0.348 e. The summed E-state index contributed by atoms with van der Waals surface area (Å²) in [5.74, 6) is -1.85. The first kappa shape index (κ1) is 13.6. The molecule has 0 aliphatic heterocycles. The molecular formula is C12H8BrNO4S. The molecule has 0 spiro atoms. The molecule has 0 unspecified atom stereocenters. The number of hydrogen-bond donors (Lipinski definition) is 3. The average molecular weight is 342 g/mol. The molecule has 0 bridgehead atoms. The summed E-state index contributed by atoms with van der Waals surface area (Å²) in [5.41, 5.74) is 0.288. The second-order valence-electron chi connectivity index (χ2n) is 3.58. The molecule has 2 aromatic rings. The van der Waals surface area contributed by atoms with Crippen LogP contribution in [0.3, 0.4) is 0 Å². The van der Waals surface area contributed by atoms with Crippen molar-refractivity contribution in [2.45, 2.75) is 0 Å². The average Bonchev–Trinajstić information content (AvgIpc) is 2.76. The predicted octanol–water partition coefficient (Wildman–Crippen LogP) is 3.17. The number of carbonyl (C=O) groups is 2. The summed E-state index contributed by atoms with van der Waals surface area (Å²) >= 11 is 4.19. The number of anilines is 1. The molecule has 19 heavy (non-hydrogen) atoms. The van der Waals surface area contributed by atoms with Gasteiger partial charge in [-0.15, -0.1) is 11.3 Å². The van der Waals surface area contributed by atoms with E-state index in [4.69, 9.17) is 5.11 Å². The minimum atomic E-state index is -1.11. The molecule has 0 aliphatic rings. The van der Waals surface area contributed by atoms with Gasteiger partial charge in [0.2, 0.25) is 0 Å². The highest BCUT2D eigenvalue weighted by molar-refractivity contribution is 9.10. The Morgan fingerprint density at radius 2 is 2.00 bits per heavy atom. The second-order valence-corrected chi connectivity index (χ2v) is 5.42. The maximum atomic E-state index is 11.9. The Morgan fingerprint density at radius 1 is 1.26 bits per heavy atom. The number of benzene rings is 1. The van der Waals surface area contributed by atoms with Crippen molar-refractivity contribution < 1.29 is 19.8 Å². The van der Waals surface area contributed by atoms with Crippen LogP contribution >= 0.6 is 27.3 Å². The van der Waals surface area contributed by atoms with E-state index >= 15 is 0 Å². The van der Waals surface area contributed by atoms with Crippen molar-refractivity contribution in [2.75, 3.05) is 5.32 Å². The molecule has 1 amide bonds. The molecule has 1 aromatic heterocycles. The molecule has 0 saturated carbocycles. The Balaban J connectivity index is 2.26. The van der Waals surface area contributed by atoms with Crippen molar-refractivity contribution in [1.82, 2.24) is 0 Å². The molecule has 0 fully saturated rings. The van der Waals surface area contributed by atoms with Crippen molar-refractivity contribution in [3.05, 3.63) is 44.6 Å². The molecule has 5 nitrogen and oxygen atoms in total. The fourth-order valence-electron chi connectivity index (χ4n) is 1.46. The van der Waals surface area contributed by atoms with Gasteiger partial charge in [0.15, 0.2) is 0 Å². The van der Waals surface area contributed by atoms with Crippen LogP contribution in [0, 0.1) is 0 Å². The SMILES string of the molecule is O=C(Nc1ccsc1C(=O)O)c1ccc(Br)cc1O. The highest BCUT2D eigenvalue weighted by Gasteiger charge is 2.17. The summed E-state index contributed by atoms with van der Waals surface area (Å²) < 4.78 is 0.642. The minimum absolute atomic E-state index is 0.0463. The van der Waals surface area contributed by atoms with Crippen molar-refractivity contribution in [2.24, 2.45) is 0 Å². The molecule has 1 heterocycles. The number of carboxylic acid groups (broad SMARTS) is 1. The number of thiophene rings is 1. The Bertz CT molecular complexity index is 653. The van der Waals surface area contributed by atoms with E-state index in [1.807, 2.05) is 0 Å². The minimum Gasteiger partial charge on any atom is -0.507 e. The molecule has 0 atom stereocenters. The largest absolute Gasteiger partial charge is 0.507 e. The Labute approximate surface area is 120 Å². The third kappa shape index (κ3) is 2.94. The van der Waals surface area contributed by atoms with E-state index in [9.17, 15) is 14.7 Å². The van der Waals surface area contributed by atoms with E-state index in [0.717, 1.165) is 11.3 Å². The van der Waals surface area contributed by atoms with Crippen LogP contribution in [0.1, 0.15) is 20.0 Å². The zero-order chi connectivity index (χ0) is 14.0. The quantitative estimate of drug-likeness (QED) is 0.800. The van der Waals surface area contributed by atoms with E-state index in [2.05, 4.69) is 21.2 Å². The number of carbonyl (C=O) groups excluding carboxylic acids is 1. The van der Waals surface area contributed by atoms with E-state index in [1.54, 1.807) is 11.4 Å². The first-order chi connectivity index (χ1) is 8.99. The van der Waals surface area contributed by atoms with Gasteiger partial charge in [0.1, 0.15) is 10.6 Å². The van der Waals surface area contributed by atoms with Gasteiger partial charge < -0.3 is 15.5 Å². The van der Waals surface area contributed by atoms with Gasteiger partial charge >= 0.3 is 5.97 Å². The normalized spacial score (nSPS) is 10.2. The molecule has 0 saturated heterocycles. The Kier molecular flexibility index (Phi) is 3.87. The summed E-state index contributed by atoms with van der Waals surface area (Å²) in [6.07, 6.45) is 0. The van der Waals surface area contributed by atoms with Gasteiger partial charge in [-0.05, 0) is 29.6 Å². The van der Waals surface area contributed by atoms with Crippen LogP contribution < -0.4 is 5.32 Å². The van der Waals surface area contributed by atoms with Gasteiger partial charge in [0.25, 0.3) is 5.91 Å². The van der Waals surface area contributed by atoms with Gasteiger partial charge in [-0.1, -0.05) is 15.9 Å². The lowest BCUT2D eigenvalue weighted by Crippen LogP contribution is -2.13. The van der Waals surface area contributed by atoms with Crippen LogP contribution in [0.25, 0.3) is 0 Å². The monoisotopic (exact) mass is 341 g/mol. The van der Waals surface area contributed by atoms with Crippen molar-refractivity contribution in [3.63, 3.8) is 0 Å². The number of amides is 1. The van der Waals surface area contributed by atoms with Crippen LogP contribution in [0.4, 0.5) is 5.69 Å². The van der Waals surface area contributed by atoms with E-state index in [0.29, 0.717) is 4.47 Å². The molecule has 98 valence electrons. The summed E-state index contributed by atoms with van der Waals surface area (Å²) in [7, 11) is 0. The number of rotatable bonds is 3. The topological polar surface area (TPSA) is 86.6 Å². The fourth-order valence-corrected chi connectivity index (χ4v) is 2.50. The molecular weight excluding hydrogens is 334 g/mol. The predicted molar refractivity (Wildman–Crippen MR) is 75.0 cm³/mol. The van der Waals surface area contributed by atoms with Crippen molar-refractivity contribution >= 4 is 44.8 Å². The molecule has 1 aromatic carbocycles. The van der Waals surface area contributed by atoms with Crippen LogP contribution in [0.2, 0.25) is 0 Å². The number of aromatic hydroxyl groups is 1. The molecule has 3 N–H and O–H groups in total. The first-order valence-corrected chi connectivity index (χ1v) is 6.77. The van der Waals surface area contributed by atoms with E-state index in [1.165, 1.54) is 18.2 Å². The number of hydrogen-bond acceptors (Lipinski definition) is 4. The summed E-state index contributed by atoms with van der Waals surface area (Å²) in [6, 6.07) is 5.95. The van der Waals surface area contributed by atoms with Crippen LogP contribution in [-0.2, 0) is 0 Å². The van der Waals surface area contributed by atoms with E-state index in [-0.39, 0.29) is 21.9 Å². The Hall–Kier alpha value is -1.86. The molecule has 0 aliphatic carbocycles. The third-order valence-electron chi connectivity index (χ3n) is 2.31. The van der Waals surface area contributed by atoms with E-state index < -0.39 is 11.9 Å². The molecule has 0 radical (unpaired) electrons. The lowest BCUT2D eigenvalue weighted by Gasteiger charge is -2.06. The standard InChI is InChI=1S/C12H8BrNO4S/c13-6-1-2-7(9(15)5-6)11(16)14-8-3-4-19-10(8)12(17)18/h1-5,15H,(H,14,16)(H,17,18). The van der Waals surface area contributed by atoms with Crippen LogP contribution in [0.5, 0.6) is 5.75 Å². The van der Waals surface area contributed by atoms with Crippen molar-refractivity contribution in [3.8, 4) is 5.75 Å². The number of phenols is 1. The van der Waals surface area contributed by atoms with Gasteiger partial charge in [-0.25, -0.2) is 4.79 Å². The maximum Gasteiger partial charge on any atom is 0.348 e. The van der Waals surface area contributed by atoms with Gasteiger partial charge in [-0.2, -0.15) is 0 Å². The lowest BCUT2D eigenvalue weighted by molar-refractivity contribution is 0.0703. The van der Waals surface area contributed by atoms with Gasteiger partial charge in [-0.3, -0.25) is 4.79 Å². The number of phenolic OH excluding ortho intramolecular Hbond substituents is 1. The summed E-state index contributed by atoms with van der Waals surface area (Å²) in [6.45, 7) is 0. The number of halogens is 1. The number of aromatic carboxylic acids is 1. The Morgan fingerprint density at radius 3 is 2.63 bits per heavy atom. The second kappa shape index (κ2) is 5.41. The third-order valence-corrected chi connectivity index (χ3v) is 3.71. The molecule has 2 rings (SSSR count). The van der Waals surface area contributed by atoms with Crippen LogP contribution in [0.15, 0.2) is 34.1 Å². The summed E-state index contributed by atoms with van der Waals surface area (Å²) in [4.78, 5) is 22.9.